The van der Waals surface area contributed by atoms with Crippen molar-refractivity contribution in [3.63, 3.8) is 0 Å². The molecule has 24 heavy (non-hydrogen) atoms. The summed E-state index contributed by atoms with van der Waals surface area (Å²) in [5.74, 6) is 1.70. The molecule has 6 nitrogen and oxygen atoms in total. The maximum Gasteiger partial charge on any atom is 0.287 e. The molecule has 0 bridgehead atoms. The van der Waals surface area contributed by atoms with Gasteiger partial charge in [0.15, 0.2) is 5.76 Å². The molecule has 1 fully saturated rings. The van der Waals surface area contributed by atoms with Crippen molar-refractivity contribution in [2.45, 2.75) is 32.4 Å². The number of amides is 1. The topological polar surface area (TPSA) is 67.6 Å². The van der Waals surface area contributed by atoms with E-state index in [9.17, 15) is 4.79 Å². The fraction of sp³-hybridized carbons (Fsp3) is 0.444. The number of carbonyl (C=O) groups is 1. The minimum Gasteiger partial charge on any atom is -0.453 e. The summed E-state index contributed by atoms with van der Waals surface area (Å²) in [5.41, 5.74) is 1.03. The van der Waals surface area contributed by atoms with Crippen LogP contribution in [-0.4, -0.2) is 31.1 Å². The molecule has 0 atom stereocenters. The first-order valence-electron chi connectivity index (χ1n) is 8.32. The molecular weight excluding hydrogens is 306 g/mol. The molecule has 128 valence electrons. The van der Waals surface area contributed by atoms with Gasteiger partial charge in [0.2, 0.25) is 0 Å². The summed E-state index contributed by atoms with van der Waals surface area (Å²) in [7, 11) is 1.59. The van der Waals surface area contributed by atoms with Gasteiger partial charge in [-0.15, -0.1) is 0 Å². The number of carbonyl (C=O) groups excluding carboxylic acids is 1. The smallest absolute Gasteiger partial charge is 0.287 e. The molecule has 1 aliphatic heterocycles. The van der Waals surface area contributed by atoms with E-state index in [0.717, 1.165) is 24.5 Å². The minimum atomic E-state index is -0.228. The third-order valence-corrected chi connectivity index (χ3v) is 4.12. The van der Waals surface area contributed by atoms with Crippen LogP contribution in [0.15, 0.2) is 34.9 Å². The minimum absolute atomic E-state index is 0.228. The molecule has 2 aromatic rings. The Morgan fingerprint density at radius 3 is 2.92 bits per heavy atom. The lowest BCUT2D eigenvalue weighted by Gasteiger charge is -2.27. The van der Waals surface area contributed by atoms with Crippen molar-refractivity contribution in [1.82, 2.24) is 10.3 Å². The normalized spacial score (nSPS) is 14.6. The number of ether oxygens (including phenoxy) is 1. The molecule has 3 rings (SSSR count). The zero-order chi connectivity index (χ0) is 16.8. The van der Waals surface area contributed by atoms with Crippen LogP contribution in [0.25, 0.3) is 0 Å². The molecular formula is C18H23N3O3. The van der Waals surface area contributed by atoms with Crippen LogP contribution in [0.2, 0.25) is 0 Å². The van der Waals surface area contributed by atoms with Gasteiger partial charge in [-0.25, -0.2) is 4.98 Å². The van der Waals surface area contributed by atoms with Gasteiger partial charge in [-0.2, -0.15) is 0 Å². The quantitative estimate of drug-likeness (QED) is 0.882. The Labute approximate surface area is 141 Å². The zero-order valence-electron chi connectivity index (χ0n) is 14.0. The van der Waals surface area contributed by atoms with Crippen LogP contribution in [-0.2, 0) is 17.9 Å². The first-order chi connectivity index (χ1) is 11.8. The number of rotatable bonds is 6. The van der Waals surface area contributed by atoms with E-state index in [-0.39, 0.29) is 5.91 Å². The Hall–Kier alpha value is -2.34. The Morgan fingerprint density at radius 1 is 1.29 bits per heavy atom. The molecule has 6 heteroatoms. The highest BCUT2D eigenvalue weighted by Crippen LogP contribution is 2.18. The molecule has 1 amide bonds. The van der Waals surface area contributed by atoms with Crippen LogP contribution in [0.5, 0.6) is 0 Å². The summed E-state index contributed by atoms with van der Waals surface area (Å²) in [6, 6.07) is 7.38. The molecule has 0 saturated carbocycles. The van der Waals surface area contributed by atoms with E-state index in [1.807, 2.05) is 12.1 Å². The Morgan fingerprint density at radius 2 is 2.12 bits per heavy atom. The number of methoxy groups -OCH3 is 1. The van der Waals surface area contributed by atoms with Crippen molar-refractivity contribution in [1.29, 1.82) is 0 Å². The van der Waals surface area contributed by atoms with Gasteiger partial charge in [-0.05, 0) is 49.1 Å². The number of piperidine rings is 1. The fourth-order valence-corrected chi connectivity index (χ4v) is 2.86. The molecule has 0 unspecified atom stereocenters. The van der Waals surface area contributed by atoms with Crippen LogP contribution < -0.4 is 10.2 Å². The van der Waals surface area contributed by atoms with Gasteiger partial charge in [0.25, 0.3) is 5.91 Å². The predicted octanol–water partition coefficient (Wildman–Crippen LogP) is 2.74. The van der Waals surface area contributed by atoms with Gasteiger partial charge in [-0.1, -0.05) is 0 Å². The fourth-order valence-electron chi connectivity index (χ4n) is 2.86. The number of pyridine rings is 1. The maximum absolute atomic E-state index is 12.2. The van der Waals surface area contributed by atoms with E-state index in [2.05, 4.69) is 15.2 Å². The number of nitrogens with zero attached hydrogens (tertiary/aromatic N) is 2. The van der Waals surface area contributed by atoms with E-state index in [1.54, 1.807) is 25.4 Å². The van der Waals surface area contributed by atoms with Crippen molar-refractivity contribution in [2.24, 2.45) is 0 Å². The van der Waals surface area contributed by atoms with Gasteiger partial charge in [0, 0.05) is 32.9 Å². The van der Waals surface area contributed by atoms with Crippen LogP contribution in [0.1, 0.15) is 41.1 Å². The molecule has 0 radical (unpaired) electrons. The molecule has 1 aliphatic rings. The maximum atomic E-state index is 12.2. The Bertz CT molecular complexity index is 678. The van der Waals surface area contributed by atoms with Crippen LogP contribution in [0.3, 0.4) is 0 Å². The highest BCUT2D eigenvalue weighted by Gasteiger charge is 2.14. The lowest BCUT2D eigenvalue weighted by molar-refractivity contribution is 0.0914. The average molecular weight is 329 g/mol. The molecule has 0 spiro atoms. The number of aromatic nitrogens is 1. The standard InChI is InChI=1S/C18H23N3O3/c1-23-13-15-5-6-16(24-15)18(22)20-12-14-7-8-19-17(11-14)21-9-3-2-4-10-21/h5-8,11H,2-4,9-10,12-13H2,1H3,(H,20,22). The lowest BCUT2D eigenvalue weighted by atomic mass is 10.1. The van der Waals surface area contributed by atoms with Crippen molar-refractivity contribution in [2.75, 3.05) is 25.1 Å². The van der Waals surface area contributed by atoms with Gasteiger partial charge in [0.1, 0.15) is 18.2 Å². The first kappa shape index (κ1) is 16.5. The number of hydrogen-bond acceptors (Lipinski definition) is 5. The second-order valence-corrected chi connectivity index (χ2v) is 5.95. The lowest BCUT2D eigenvalue weighted by Crippen LogP contribution is -2.30. The largest absolute Gasteiger partial charge is 0.453 e. The third kappa shape index (κ3) is 4.14. The number of anilines is 1. The summed E-state index contributed by atoms with van der Waals surface area (Å²) in [4.78, 5) is 18.9. The average Bonchev–Trinajstić information content (AvgIpc) is 3.10. The second kappa shape index (κ2) is 7.97. The predicted molar refractivity (Wildman–Crippen MR) is 90.9 cm³/mol. The van der Waals surface area contributed by atoms with E-state index >= 15 is 0 Å². The molecule has 1 N–H and O–H groups in total. The first-order valence-corrected chi connectivity index (χ1v) is 8.32. The zero-order valence-corrected chi connectivity index (χ0v) is 14.0. The third-order valence-electron chi connectivity index (χ3n) is 4.12. The molecule has 3 heterocycles. The van der Waals surface area contributed by atoms with Crippen molar-refractivity contribution >= 4 is 11.7 Å². The second-order valence-electron chi connectivity index (χ2n) is 5.95. The SMILES string of the molecule is COCc1ccc(C(=O)NCc2ccnc(N3CCCCC3)c2)o1. The van der Waals surface area contributed by atoms with Gasteiger partial charge in [-0.3, -0.25) is 4.79 Å². The summed E-state index contributed by atoms with van der Waals surface area (Å²) >= 11 is 0. The molecule has 1 saturated heterocycles. The van der Waals surface area contributed by atoms with Crippen LogP contribution in [0.4, 0.5) is 5.82 Å². The van der Waals surface area contributed by atoms with Gasteiger partial charge < -0.3 is 19.4 Å². The highest BCUT2D eigenvalue weighted by molar-refractivity contribution is 5.91. The van der Waals surface area contributed by atoms with Gasteiger partial charge in [0.05, 0.1) is 0 Å². The summed E-state index contributed by atoms with van der Waals surface area (Å²) in [6.45, 7) is 2.91. The Balaban J connectivity index is 1.58. The van der Waals surface area contributed by atoms with Crippen LogP contribution >= 0.6 is 0 Å². The monoisotopic (exact) mass is 329 g/mol. The Kier molecular flexibility index (Phi) is 5.48. The molecule has 0 aromatic carbocycles. The summed E-state index contributed by atoms with van der Waals surface area (Å²) in [6.07, 6.45) is 5.52. The van der Waals surface area contributed by atoms with E-state index in [4.69, 9.17) is 9.15 Å². The van der Waals surface area contributed by atoms with E-state index in [1.165, 1.54) is 19.3 Å². The van der Waals surface area contributed by atoms with Crippen molar-refractivity contribution < 1.29 is 13.9 Å². The number of furan rings is 1. The number of nitrogens with one attached hydrogen (secondary N) is 1. The summed E-state index contributed by atoms with van der Waals surface area (Å²) < 4.78 is 10.4. The number of hydrogen-bond donors (Lipinski definition) is 1. The molecule has 2 aromatic heterocycles. The molecule has 0 aliphatic carbocycles. The van der Waals surface area contributed by atoms with Crippen molar-refractivity contribution in [3.8, 4) is 0 Å². The summed E-state index contributed by atoms with van der Waals surface area (Å²) in [5, 5.41) is 2.88. The van der Waals surface area contributed by atoms with Crippen molar-refractivity contribution in [3.05, 3.63) is 47.5 Å². The van der Waals surface area contributed by atoms with Gasteiger partial charge >= 0.3 is 0 Å². The highest BCUT2D eigenvalue weighted by atomic mass is 16.5. The van der Waals surface area contributed by atoms with Crippen LogP contribution in [0, 0.1) is 0 Å². The van der Waals surface area contributed by atoms with E-state index < -0.39 is 0 Å². The van der Waals surface area contributed by atoms with E-state index in [0.29, 0.717) is 24.7 Å².